The summed E-state index contributed by atoms with van der Waals surface area (Å²) in [4.78, 5) is 26.0. The van der Waals surface area contributed by atoms with Gasteiger partial charge in [-0.2, -0.15) is 13.2 Å². The first-order chi connectivity index (χ1) is 14.1. The van der Waals surface area contributed by atoms with Crippen molar-refractivity contribution < 1.29 is 37.3 Å². The summed E-state index contributed by atoms with van der Waals surface area (Å²) in [5.74, 6) is -1.73. The van der Waals surface area contributed by atoms with Gasteiger partial charge in [0.2, 0.25) is 0 Å². The van der Waals surface area contributed by atoms with Crippen LogP contribution in [0.1, 0.15) is 24.1 Å². The van der Waals surface area contributed by atoms with Gasteiger partial charge in [0.25, 0.3) is 5.91 Å². The summed E-state index contributed by atoms with van der Waals surface area (Å²) in [7, 11) is 2.80. The second-order valence-corrected chi connectivity index (χ2v) is 6.55. The summed E-state index contributed by atoms with van der Waals surface area (Å²) in [5.41, 5.74) is -1.02. The molecule has 1 N–H and O–H groups in total. The third-order valence-electron chi connectivity index (χ3n) is 4.77. The van der Waals surface area contributed by atoms with Gasteiger partial charge in [0.05, 0.1) is 31.4 Å². The molecular weight excluding hydrogens is 403 g/mol. The zero-order valence-electron chi connectivity index (χ0n) is 16.3. The van der Waals surface area contributed by atoms with Gasteiger partial charge in [0.15, 0.2) is 11.5 Å². The zero-order chi connectivity index (χ0) is 22.2. The molecule has 2 aromatic carbocycles. The largest absolute Gasteiger partial charge is 0.503 e. The van der Waals surface area contributed by atoms with E-state index in [0.29, 0.717) is 11.3 Å². The molecule has 0 aliphatic carbocycles. The minimum atomic E-state index is -4.63. The van der Waals surface area contributed by atoms with E-state index in [-0.39, 0.29) is 17.0 Å². The smallest absolute Gasteiger partial charge is 0.416 e. The molecule has 1 atom stereocenters. The molecule has 0 bridgehead atoms. The minimum absolute atomic E-state index is 0.125. The molecule has 158 valence electrons. The fraction of sp³-hybridized carbons (Fsp3) is 0.238. The topological polar surface area (TPSA) is 76.1 Å². The Hall–Kier alpha value is -3.49. The van der Waals surface area contributed by atoms with Gasteiger partial charge < -0.3 is 14.6 Å². The summed E-state index contributed by atoms with van der Waals surface area (Å²) < 4.78 is 50.1. The van der Waals surface area contributed by atoms with E-state index in [1.165, 1.54) is 32.4 Å². The van der Waals surface area contributed by atoms with E-state index >= 15 is 0 Å². The number of amides is 1. The lowest BCUT2D eigenvalue weighted by Gasteiger charge is -2.28. The van der Waals surface area contributed by atoms with Crippen molar-refractivity contribution in [2.24, 2.45) is 0 Å². The number of anilines is 1. The summed E-state index contributed by atoms with van der Waals surface area (Å²) in [6.07, 6.45) is -4.63. The highest BCUT2D eigenvalue weighted by Gasteiger charge is 2.45. The average Bonchev–Trinajstić information content (AvgIpc) is 2.97. The predicted molar refractivity (Wildman–Crippen MR) is 102 cm³/mol. The van der Waals surface area contributed by atoms with Crippen LogP contribution < -0.4 is 14.4 Å². The van der Waals surface area contributed by atoms with Crippen LogP contribution in [-0.2, 0) is 15.8 Å². The van der Waals surface area contributed by atoms with Gasteiger partial charge in [-0.05, 0) is 37.3 Å². The number of halogens is 3. The van der Waals surface area contributed by atoms with Gasteiger partial charge in [-0.25, -0.2) is 0 Å². The highest BCUT2D eigenvalue weighted by Crippen LogP contribution is 2.45. The van der Waals surface area contributed by atoms with Gasteiger partial charge in [-0.1, -0.05) is 6.07 Å². The van der Waals surface area contributed by atoms with Gasteiger partial charge in [0.1, 0.15) is 11.5 Å². The van der Waals surface area contributed by atoms with Crippen molar-refractivity contribution in [3.05, 3.63) is 64.9 Å². The third kappa shape index (κ3) is 3.58. The molecular formula is C21H18F3NO5. The Balaban J connectivity index is 2.23. The van der Waals surface area contributed by atoms with Gasteiger partial charge in [-0.15, -0.1) is 0 Å². The molecule has 1 heterocycles. The molecule has 1 aliphatic rings. The molecule has 3 rings (SSSR count). The molecule has 2 aromatic rings. The maximum absolute atomic E-state index is 13.2. The van der Waals surface area contributed by atoms with Crippen LogP contribution in [0, 0.1) is 0 Å². The van der Waals surface area contributed by atoms with Crippen molar-refractivity contribution >= 4 is 17.4 Å². The number of nitrogens with zero attached hydrogens (tertiary/aromatic N) is 1. The number of aliphatic hydroxyl groups excluding tert-OH is 1. The number of carbonyl (C=O) groups is 2. The molecule has 30 heavy (non-hydrogen) atoms. The summed E-state index contributed by atoms with van der Waals surface area (Å²) in [6, 6.07) is 7.51. The van der Waals surface area contributed by atoms with E-state index < -0.39 is 35.2 Å². The number of benzene rings is 2. The van der Waals surface area contributed by atoms with E-state index in [0.717, 1.165) is 30.0 Å². The Kier molecular flexibility index (Phi) is 5.47. The summed E-state index contributed by atoms with van der Waals surface area (Å²) in [5, 5.41) is 10.4. The average molecular weight is 421 g/mol. The molecule has 6 nitrogen and oxygen atoms in total. The van der Waals surface area contributed by atoms with Gasteiger partial charge in [0, 0.05) is 17.3 Å². The highest BCUT2D eigenvalue weighted by atomic mass is 19.4. The van der Waals surface area contributed by atoms with Crippen molar-refractivity contribution in [3.8, 4) is 11.5 Å². The molecule has 0 fully saturated rings. The third-order valence-corrected chi connectivity index (χ3v) is 4.77. The van der Waals surface area contributed by atoms with Crippen molar-refractivity contribution in [2.75, 3.05) is 19.1 Å². The van der Waals surface area contributed by atoms with Crippen LogP contribution in [0.5, 0.6) is 11.5 Å². The maximum atomic E-state index is 13.2. The Morgan fingerprint density at radius 3 is 2.37 bits per heavy atom. The maximum Gasteiger partial charge on any atom is 0.416 e. The fourth-order valence-electron chi connectivity index (χ4n) is 3.40. The number of aliphatic hydroxyl groups is 1. The second-order valence-electron chi connectivity index (χ2n) is 6.55. The van der Waals surface area contributed by atoms with E-state index in [9.17, 15) is 27.9 Å². The van der Waals surface area contributed by atoms with Crippen LogP contribution >= 0.6 is 0 Å². The lowest BCUT2D eigenvalue weighted by Crippen LogP contribution is -2.31. The van der Waals surface area contributed by atoms with E-state index in [4.69, 9.17) is 9.47 Å². The molecule has 0 aromatic heterocycles. The van der Waals surface area contributed by atoms with Crippen LogP contribution in [0.2, 0.25) is 0 Å². The normalized spacial score (nSPS) is 16.8. The van der Waals surface area contributed by atoms with E-state index in [1.54, 1.807) is 6.07 Å². The molecule has 0 saturated carbocycles. The zero-order valence-corrected chi connectivity index (χ0v) is 16.3. The summed E-state index contributed by atoms with van der Waals surface area (Å²) >= 11 is 0. The molecule has 0 saturated heterocycles. The molecule has 1 amide bonds. The number of carbonyl (C=O) groups excluding carboxylic acids is 2. The lowest BCUT2D eigenvalue weighted by molar-refractivity contribution is -0.137. The van der Waals surface area contributed by atoms with Crippen molar-refractivity contribution in [3.63, 3.8) is 0 Å². The Morgan fingerprint density at radius 2 is 1.80 bits per heavy atom. The first-order valence-electron chi connectivity index (χ1n) is 8.77. The lowest BCUT2D eigenvalue weighted by atomic mass is 9.95. The van der Waals surface area contributed by atoms with Crippen LogP contribution in [0.4, 0.5) is 18.9 Å². The Bertz CT molecular complexity index is 1050. The number of hydrogen-bond donors (Lipinski definition) is 1. The number of Topliss-reactive ketones (excluding diaryl/α,β-unsaturated/α-hetero) is 1. The minimum Gasteiger partial charge on any atom is -0.503 e. The molecule has 0 radical (unpaired) electrons. The number of hydrogen-bond acceptors (Lipinski definition) is 5. The SMILES string of the molecule is COc1ccc([C@@H]2C(C(C)=O)=C(O)C(=O)N2c2cccc(C(F)(F)F)c2)c(OC)c1. The van der Waals surface area contributed by atoms with E-state index in [2.05, 4.69) is 0 Å². The fourth-order valence-corrected chi connectivity index (χ4v) is 3.40. The van der Waals surface area contributed by atoms with Crippen molar-refractivity contribution in [1.82, 2.24) is 0 Å². The first kappa shape index (κ1) is 21.2. The first-order valence-corrected chi connectivity index (χ1v) is 8.77. The number of rotatable bonds is 5. The van der Waals surface area contributed by atoms with E-state index in [1.807, 2.05) is 0 Å². The number of ketones is 1. The molecule has 0 spiro atoms. The predicted octanol–water partition coefficient (Wildman–Crippen LogP) is 4.21. The van der Waals surface area contributed by atoms with Gasteiger partial charge in [-0.3, -0.25) is 14.5 Å². The number of methoxy groups -OCH3 is 2. The van der Waals surface area contributed by atoms with Crippen molar-refractivity contribution in [1.29, 1.82) is 0 Å². The highest BCUT2D eigenvalue weighted by molar-refractivity contribution is 6.16. The van der Waals surface area contributed by atoms with Crippen LogP contribution in [0.15, 0.2) is 53.8 Å². The van der Waals surface area contributed by atoms with Crippen molar-refractivity contribution in [2.45, 2.75) is 19.1 Å². The number of alkyl halides is 3. The quantitative estimate of drug-likeness (QED) is 0.783. The molecule has 1 aliphatic heterocycles. The Morgan fingerprint density at radius 1 is 1.10 bits per heavy atom. The number of ether oxygens (including phenoxy) is 2. The van der Waals surface area contributed by atoms with Crippen LogP contribution in [-0.4, -0.2) is 31.0 Å². The standard InChI is InChI=1S/C21H18F3NO5/c1-11(26)17-18(15-8-7-14(29-2)10-16(15)30-3)25(20(28)19(17)27)13-6-4-5-12(9-13)21(22,23)24/h4-10,18,27H,1-3H3/t18-/m1/s1. The molecule has 9 heteroatoms. The van der Waals surface area contributed by atoms with Gasteiger partial charge >= 0.3 is 6.18 Å². The second kappa shape index (κ2) is 7.74. The van der Waals surface area contributed by atoms with Crippen LogP contribution in [0.25, 0.3) is 0 Å². The Labute approximate surface area is 170 Å². The monoisotopic (exact) mass is 421 g/mol. The molecule has 0 unspecified atom stereocenters. The van der Waals surface area contributed by atoms with Crippen LogP contribution in [0.3, 0.4) is 0 Å². The summed E-state index contributed by atoms with van der Waals surface area (Å²) in [6.45, 7) is 1.16.